The topological polar surface area (TPSA) is 54.3 Å². The van der Waals surface area contributed by atoms with Crippen LogP contribution >= 0.6 is 0 Å². The van der Waals surface area contributed by atoms with E-state index in [2.05, 4.69) is 12.2 Å². The van der Waals surface area contributed by atoms with Gasteiger partial charge in [0, 0.05) is 32.0 Å². The zero-order chi connectivity index (χ0) is 13.6. The lowest BCUT2D eigenvalue weighted by atomic mass is 9.93. The summed E-state index contributed by atoms with van der Waals surface area (Å²) >= 11 is 0. The quantitative estimate of drug-likeness (QED) is 0.886. The third-order valence-electron chi connectivity index (χ3n) is 4.50. The van der Waals surface area contributed by atoms with E-state index in [0.717, 1.165) is 19.5 Å². The van der Waals surface area contributed by atoms with Gasteiger partial charge in [0.2, 0.25) is 10.0 Å². The lowest BCUT2D eigenvalue weighted by Gasteiger charge is -2.25. The molecule has 2 aliphatic rings. The second-order valence-corrected chi connectivity index (χ2v) is 7.54. The summed E-state index contributed by atoms with van der Waals surface area (Å²) in [5.41, 5.74) is 0. The van der Waals surface area contributed by atoms with Crippen molar-refractivity contribution in [2.75, 3.05) is 19.6 Å². The van der Waals surface area contributed by atoms with E-state index in [1.807, 2.05) is 7.05 Å². The summed E-state index contributed by atoms with van der Waals surface area (Å²) in [5.74, 6) is 0.951. The second kappa shape index (κ2) is 4.61. The van der Waals surface area contributed by atoms with Crippen LogP contribution in [0.1, 0.15) is 13.3 Å². The van der Waals surface area contributed by atoms with E-state index >= 15 is 0 Å². The van der Waals surface area contributed by atoms with Crippen molar-refractivity contribution < 1.29 is 8.42 Å². The summed E-state index contributed by atoms with van der Waals surface area (Å²) in [5, 5.41) is 3.38. The van der Waals surface area contributed by atoms with Crippen molar-refractivity contribution in [2.45, 2.75) is 24.3 Å². The molecule has 0 amide bonds. The standard InChI is InChI=1S/C13H21N3O2S/c1-3-13-12-7-14-6-10(12)8-16(13)19(17,18)11-4-5-15(2)9-11/h4-5,9-10,12-14H,3,6-8H2,1-2H3. The molecule has 3 heterocycles. The van der Waals surface area contributed by atoms with Gasteiger partial charge < -0.3 is 9.88 Å². The fourth-order valence-corrected chi connectivity index (χ4v) is 5.38. The molecular weight excluding hydrogens is 262 g/mol. The van der Waals surface area contributed by atoms with Crippen LogP contribution in [0, 0.1) is 11.8 Å². The van der Waals surface area contributed by atoms with Gasteiger partial charge in [0.05, 0.1) is 4.90 Å². The Balaban J connectivity index is 1.93. The van der Waals surface area contributed by atoms with Gasteiger partial charge in [-0.3, -0.25) is 0 Å². The number of sulfonamides is 1. The fourth-order valence-electron chi connectivity index (χ4n) is 3.53. The summed E-state index contributed by atoms with van der Waals surface area (Å²) in [6.45, 7) is 4.64. The van der Waals surface area contributed by atoms with E-state index in [1.165, 1.54) is 0 Å². The molecule has 1 aromatic heterocycles. The molecule has 6 heteroatoms. The molecule has 3 unspecified atom stereocenters. The molecule has 1 aromatic rings. The number of hydrogen-bond acceptors (Lipinski definition) is 3. The highest BCUT2D eigenvalue weighted by molar-refractivity contribution is 7.89. The molecule has 0 radical (unpaired) electrons. The van der Waals surface area contributed by atoms with Crippen LogP contribution in [0.5, 0.6) is 0 Å². The Morgan fingerprint density at radius 3 is 2.84 bits per heavy atom. The summed E-state index contributed by atoms with van der Waals surface area (Å²) < 4.78 is 29.0. The number of aryl methyl sites for hydroxylation is 1. The van der Waals surface area contributed by atoms with Crippen LogP contribution in [0.2, 0.25) is 0 Å². The van der Waals surface area contributed by atoms with Crippen LogP contribution < -0.4 is 5.32 Å². The number of fused-ring (bicyclic) bond motifs is 1. The molecule has 106 valence electrons. The first-order valence-corrected chi connectivity index (χ1v) is 8.32. The van der Waals surface area contributed by atoms with E-state index < -0.39 is 10.0 Å². The summed E-state index contributed by atoms with van der Waals surface area (Å²) in [6.07, 6.45) is 4.36. The van der Waals surface area contributed by atoms with Crippen LogP contribution in [-0.2, 0) is 17.1 Å². The first-order chi connectivity index (χ1) is 9.04. The largest absolute Gasteiger partial charge is 0.356 e. The Kier molecular flexibility index (Phi) is 3.19. The summed E-state index contributed by atoms with van der Waals surface area (Å²) in [7, 11) is -1.49. The van der Waals surface area contributed by atoms with Crippen LogP contribution in [0.25, 0.3) is 0 Å². The van der Waals surface area contributed by atoms with Crippen LogP contribution in [-0.4, -0.2) is 43.0 Å². The lowest BCUT2D eigenvalue weighted by molar-refractivity contribution is 0.329. The molecule has 2 aliphatic heterocycles. The highest BCUT2D eigenvalue weighted by atomic mass is 32.2. The van der Waals surface area contributed by atoms with Gasteiger partial charge in [-0.25, -0.2) is 8.42 Å². The zero-order valence-electron chi connectivity index (χ0n) is 11.4. The minimum atomic E-state index is -3.34. The number of nitrogens with one attached hydrogen (secondary N) is 1. The second-order valence-electron chi connectivity index (χ2n) is 5.65. The van der Waals surface area contributed by atoms with Gasteiger partial charge in [0.15, 0.2) is 0 Å². The first kappa shape index (κ1) is 13.1. The van der Waals surface area contributed by atoms with Gasteiger partial charge in [-0.15, -0.1) is 0 Å². The minimum absolute atomic E-state index is 0.144. The van der Waals surface area contributed by atoms with Gasteiger partial charge in [-0.1, -0.05) is 6.92 Å². The molecule has 0 aliphatic carbocycles. The molecule has 1 N–H and O–H groups in total. The predicted octanol–water partition coefficient (Wildman–Crippen LogP) is 0.644. The highest BCUT2D eigenvalue weighted by Crippen LogP contribution is 2.37. The number of nitrogens with zero attached hydrogens (tertiary/aromatic N) is 2. The zero-order valence-corrected chi connectivity index (χ0v) is 12.2. The van der Waals surface area contributed by atoms with Gasteiger partial charge in [-0.05, 0) is 37.4 Å². The average Bonchev–Trinajstić information content (AvgIpc) is 3.02. The number of hydrogen-bond donors (Lipinski definition) is 1. The van der Waals surface area contributed by atoms with Gasteiger partial charge >= 0.3 is 0 Å². The van der Waals surface area contributed by atoms with Gasteiger partial charge in [0.1, 0.15) is 0 Å². The molecule has 0 spiro atoms. The molecule has 5 nitrogen and oxygen atoms in total. The molecule has 2 saturated heterocycles. The molecule has 0 saturated carbocycles. The normalized spacial score (nSPS) is 31.8. The molecule has 0 bridgehead atoms. The van der Waals surface area contributed by atoms with E-state index in [-0.39, 0.29) is 6.04 Å². The summed E-state index contributed by atoms with van der Waals surface area (Å²) in [4.78, 5) is 0.418. The average molecular weight is 283 g/mol. The van der Waals surface area contributed by atoms with Crippen molar-refractivity contribution in [2.24, 2.45) is 18.9 Å². The third kappa shape index (κ3) is 2.02. The lowest BCUT2D eigenvalue weighted by Crippen LogP contribution is -2.39. The molecule has 3 rings (SSSR count). The monoisotopic (exact) mass is 283 g/mol. The van der Waals surface area contributed by atoms with Crippen molar-refractivity contribution in [3.8, 4) is 0 Å². The van der Waals surface area contributed by atoms with E-state index in [4.69, 9.17) is 0 Å². The Morgan fingerprint density at radius 1 is 1.42 bits per heavy atom. The molecule has 0 aromatic carbocycles. The Bertz CT molecular complexity index is 566. The number of aromatic nitrogens is 1. The van der Waals surface area contributed by atoms with Crippen LogP contribution in [0.4, 0.5) is 0 Å². The maximum atomic E-state index is 12.7. The van der Waals surface area contributed by atoms with Crippen molar-refractivity contribution in [1.29, 1.82) is 0 Å². The van der Waals surface area contributed by atoms with Crippen molar-refractivity contribution in [3.05, 3.63) is 18.5 Å². The predicted molar refractivity (Wildman–Crippen MR) is 73.2 cm³/mol. The Morgan fingerprint density at radius 2 is 2.21 bits per heavy atom. The minimum Gasteiger partial charge on any atom is -0.356 e. The summed E-state index contributed by atoms with van der Waals surface area (Å²) in [6, 6.07) is 1.83. The SMILES string of the molecule is CCC1C2CNCC2CN1S(=O)(=O)c1ccn(C)c1. The number of rotatable bonds is 3. The first-order valence-electron chi connectivity index (χ1n) is 6.88. The maximum absolute atomic E-state index is 12.7. The molecule has 3 atom stereocenters. The maximum Gasteiger partial charge on any atom is 0.244 e. The molecule has 19 heavy (non-hydrogen) atoms. The van der Waals surface area contributed by atoms with Crippen molar-refractivity contribution in [1.82, 2.24) is 14.2 Å². The van der Waals surface area contributed by atoms with E-state index in [0.29, 0.717) is 23.3 Å². The Hall–Kier alpha value is -0.850. The van der Waals surface area contributed by atoms with Gasteiger partial charge in [0.25, 0.3) is 0 Å². The van der Waals surface area contributed by atoms with E-state index in [1.54, 1.807) is 27.3 Å². The Labute approximate surface area is 114 Å². The van der Waals surface area contributed by atoms with Crippen molar-refractivity contribution >= 4 is 10.0 Å². The van der Waals surface area contributed by atoms with Crippen LogP contribution in [0.15, 0.2) is 23.4 Å². The van der Waals surface area contributed by atoms with Crippen molar-refractivity contribution in [3.63, 3.8) is 0 Å². The van der Waals surface area contributed by atoms with Crippen LogP contribution in [0.3, 0.4) is 0 Å². The third-order valence-corrected chi connectivity index (χ3v) is 6.37. The molecular formula is C13H21N3O2S. The smallest absolute Gasteiger partial charge is 0.244 e. The fraction of sp³-hybridized carbons (Fsp3) is 0.692. The van der Waals surface area contributed by atoms with E-state index in [9.17, 15) is 8.42 Å². The van der Waals surface area contributed by atoms with Gasteiger partial charge in [-0.2, -0.15) is 4.31 Å². The molecule has 2 fully saturated rings. The highest BCUT2D eigenvalue weighted by Gasteiger charge is 2.48.